The van der Waals surface area contributed by atoms with Crippen molar-refractivity contribution >= 4 is 17.9 Å². The minimum atomic E-state index is -1.23. The second kappa shape index (κ2) is 7.68. The number of nitrogens with one attached hydrogen (secondary N) is 2. The molecule has 1 heterocycles. The molecule has 148 valence electrons. The quantitative estimate of drug-likeness (QED) is 0.749. The molecule has 0 aromatic heterocycles. The van der Waals surface area contributed by atoms with Gasteiger partial charge in [-0.1, -0.05) is 6.08 Å². The molecule has 1 unspecified atom stereocenters. The molecule has 7 nitrogen and oxygen atoms in total. The number of carbonyl (C=O) groups is 3. The Labute approximate surface area is 156 Å². The Morgan fingerprint density at radius 3 is 2.19 bits per heavy atom. The van der Waals surface area contributed by atoms with Crippen molar-refractivity contribution in [2.45, 2.75) is 71.6 Å². The summed E-state index contributed by atoms with van der Waals surface area (Å²) in [6, 6.07) is 0. The molecule has 0 aromatic carbocycles. The summed E-state index contributed by atoms with van der Waals surface area (Å²) in [4.78, 5) is 38.9. The molecule has 0 spiro atoms. The van der Waals surface area contributed by atoms with Crippen LogP contribution in [-0.4, -0.2) is 52.6 Å². The highest BCUT2D eigenvalue weighted by molar-refractivity contribution is 5.92. The number of nitrogens with zero attached hydrogens (tertiary/aromatic N) is 1. The fraction of sp³-hybridized carbons (Fsp3) is 0.737. The zero-order valence-electron chi connectivity index (χ0n) is 17.1. The van der Waals surface area contributed by atoms with Crippen LogP contribution in [0.2, 0.25) is 0 Å². The molecule has 1 aliphatic heterocycles. The molecular formula is C19H33N3O4. The smallest absolute Gasteiger partial charge is 0.410 e. The van der Waals surface area contributed by atoms with E-state index in [0.717, 1.165) is 0 Å². The lowest BCUT2D eigenvalue weighted by molar-refractivity contribution is -0.137. The molecule has 1 aliphatic rings. The molecule has 26 heavy (non-hydrogen) atoms. The predicted molar refractivity (Wildman–Crippen MR) is 101 cm³/mol. The van der Waals surface area contributed by atoms with Gasteiger partial charge in [-0.2, -0.15) is 0 Å². The third-order valence-electron chi connectivity index (χ3n) is 3.85. The third kappa shape index (κ3) is 6.35. The fourth-order valence-electron chi connectivity index (χ4n) is 2.98. The Bertz CT molecular complexity index is 574. The number of carbonyl (C=O) groups excluding carboxylic acids is 3. The Balaban J connectivity index is 3.21. The van der Waals surface area contributed by atoms with Gasteiger partial charge in [-0.3, -0.25) is 9.59 Å². The van der Waals surface area contributed by atoms with Gasteiger partial charge in [0.1, 0.15) is 11.1 Å². The summed E-state index contributed by atoms with van der Waals surface area (Å²) >= 11 is 0. The average Bonchev–Trinajstić information content (AvgIpc) is 2.42. The summed E-state index contributed by atoms with van der Waals surface area (Å²) < 4.78 is 5.46. The first kappa shape index (κ1) is 22.0. The summed E-state index contributed by atoms with van der Waals surface area (Å²) in [5.74, 6) is -0.794. The number of likely N-dealkylation sites (tertiary alicyclic amines) is 1. The van der Waals surface area contributed by atoms with E-state index in [-0.39, 0.29) is 24.3 Å². The van der Waals surface area contributed by atoms with E-state index in [0.29, 0.717) is 13.0 Å². The fourth-order valence-corrected chi connectivity index (χ4v) is 2.98. The molecule has 0 radical (unpaired) electrons. The van der Waals surface area contributed by atoms with E-state index in [9.17, 15) is 14.4 Å². The summed E-state index contributed by atoms with van der Waals surface area (Å²) in [5.41, 5.74) is -2.35. The maximum absolute atomic E-state index is 13.0. The van der Waals surface area contributed by atoms with E-state index in [1.807, 2.05) is 20.8 Å². The monoisotopic (exact) mass is 367 g/mol. The Hall–Kier alpha value is -2.05. The van der Waals surface area contributed by atoms with Crippen LogP contribution in [0.5, 0.6) is 0 Å². The minimum absolute atomic E-state index is 0.0494. The van der Waals surface area contributed by atoms with Crippen LogP contribution in [0.4, 0.5) is 4.79 Å². The highest BCUT2D eigenvalue weighted by atomic mass is 16.6. The number of piperidine rings is 1. The first-order valence-corrected chi connectivity index (χ1v) is 8.89. The number of amides is 3. The van der Waals surface area contributed by atoms with Gasteiger partial charge in [0, 0.05) is 19.0 Å². The molecule has 0 aliphatic carbocycles. The van der Waals surface area contributed by atoms with Gasteiger partial charge < -0.3 is 20.3 Å². The van der Waals surface area contributed by atoms with E-state index in [2.05, 4.69) is 17.2 Å². The lowest BCUT2D eigenvalue weighted by Gasteiger charge is -2.45. The van der Waals surface area contributed by atoms with Crippen LogP contribution in [0.1, 0.15) is 54.9 Å². The molecule has 3 amide bonds. The van der Waals surface area contributed by atoms with Crippen LogP contribution in [0, 0.1) is 5.92 Å². The minimum Gasteiger partial charge on any atom is -0.444 e. The Kier molecular flexibility index (Phi) is 6.49. The number of hydrogen-bond acceptors (Lipinski definition) is 4. The van der Waals surface area contributed by atoms with Gasteiger partial charge in [0.25, 0.3) is 0 Å². The number of hydrogen-bond donors (Lipinski definition) is 2. The molecule has 2 N–H and O–H groups in total. The van der Waals surface area contributed by atoms with Crippen LogP contribution >= 0.6 is 0 Å². The maximum Gasteiger partial charge on any atom is 0.410 e. The summed E-state index contributed by atoms with van der Waals surface area (Å²) in [6.07, 6.45) is 1.57. The Morgan fingerprint density at radius 1 is 1.19 bits per heavy atom. The van der Waals surface area contributed by atoms with E-state index in [1.165, 1.54) is 11.8 Å². The van der Waals surface area contributed by atoms with Gasteiger partial charge in [0.15, 0.2) is 0 Å². The molecular weight excluding hydrogens is 334 g/mol. The number of ether oxygens (including phenoxy) is 1. The topological polar surface area (TPSA) is 87.7 Å². The summed E-state index contributed by atoms with van der Waals surface area (Å²) in [7, 11) is 0. The van der Waals surface area contributed by atoms with Gasteiger partial charge in [-0.25, -0.2) is 4.79 Å². The zero-order chi connectivity index (χ0) is 20.3. The molecule has 0 saturated carbocycles. The van der Waals surface area contributed by atoms with Crippen molar-refractivity contribution in [3.8, 4) is 0 Å². The van der Waals surface area contributed by atoms with E-state index in [4.69, 9.17) is 4.74 Å². The summed E-state index contributed by atoms with van der Waals surface area (Å²) in [6.45, 7) is 16.6. The van der Waals surface area contributed by atoms with Crippen LogP contribution in [0.3, 0.4) is 0 Å². The molecule has 0 aromatic rings. The van der Waals surface area contributed by atoms with Gasteiger partial charge in [-0.15, -0.1) is 6.58 Å². The SMILES string of the molecule is C=CC1CN(C(=O)OC(C)(C)C)C[C@@](NC(C)=O)(C(=O)NC(C)(C)C)C1. The highest BCUT2D eigenvalue weighted by Crippen LogP contribution is 2.29. The normalized spacial score (nSPS) is 23.8. The number of rotatable bonds is 3. The first-order valence-electron chi connectivity index (χ1n) is 8.89. The van der Waals surface area contributed by atoms with Crippen molar-refractivity contribution in [1.29, 1.82) is 0 Å². The van der Waals surface area contributed by atoms with Crippen LogP contribution in [0.25, 0.3) is 0 Å². The van der Waals surface area contributed by atoms with Gasteiger partial charge in [0.05, 0.1) is 6.54 Å². The molecule has 7 heteroatoms. The van der Waals surface area contributed by atoms with Gasteiger partial charge in [-0.05, 0) is 53.9 Å². The first-order chi connectivity index (χ1) is 11.7. The highest BCUT2D eigenvalue weighted by Gasteiger charge is 2.48. The van der Waals surface area contributed by atoms with E-state index in [1.54, 1.807) is 26.8 Å². The van der Waals surface area contributed by atoms with Crippen molar-refractivity contribution in [1.82, 2.24) is 15.5 Å². The van der Waals surface area contributed by atoms with Gasteiger partial charge >= 0.3 is 6.09 Å². The van der Waals surface area contributed by atoms with Crippen molar-refractivity contribution in [3.05, 3.63) is 12.7 Å². The van der Waals surface area contributed by atoms with E-state index < -0.39 is 22.8 Å². The van der Waals surface area contributed by atoms with Gasteiger partial charge in [0.2, 0.25) is 11.8 Å². The largest absolute Gasteiger partial charge is 0.444 e. The van der Waals surface area contributed by atoms with Crippen molar-refractivity contribution < 1.29 is 19.1 Å². The molecule has 1 rings (SSSR count). The predicted octanol–water partition coefficient (Wildman–Crippen LogP) is 2.22. The van der Waals surface area contributed by atoms with Crippen LogP contribution < -0.4 is 10.6 Å². The molecule has 0 bridgehead atoms. The third-order valence-corrected chi connectivity index (χ3v) is 3.85. The average molecular weight is 367 g/mol. The van der Waals surface area contributed by atoms with Crippen LogP contribution in [0.15, 0.2) is 12.7 Å². The second-order valence-electron chi connectivity index (χ2n) is 9.03. The Morgan fingerprint density at radius 2 is 1.77 bits per heavy atom. The van der Waals surface area contributed by atoms with Crippen molar-refractivity contribution in [3.63, 3.8) is 0 Å². The maximum atomic E-state index is 13.0. The van der Waals surface area contributed by atoms with Crippen molar-refractivity contribution in [2.75, 3.05) is 13.1 Å². The molecule has 1 fully saturated rings. The second-order valence-corrected chi connectivity index (χ2v) is 9.03. The molecule has 1 saturated heterocycles. The zero-order valence-corrected chi connectivity index (χ0v) is 17.1. The summed E-state index contributed by atoms with van der Waals surface area (Å²) in [5, 5.41) is 5.70. The molecule has 2 atom stereocenters. The standard InChI is InChI=1S/C19H33N3O4/c1-9-14-10-19(20-13(2)23,15(24)21-17(3,4)5)12-22(11-14)16(25)26-18(6,7)8/h9,14H,1,10-12H2,2-8H3,(H,20,23)(H,21,24)/t14?,19-/m1/s1. The van der Waals surface area contributed by atoms with Crippen molar-refractivity contribution in [2.24, 2.45) is 5.92 Å². The lowest BCUT2D eigenvalue weighted by atomic mass is 9.81. The van der Waals surface area contributed by atoms with E-state index >= 15 is 0 Å². The lowest BCUT2D eigenvalue weighted by Crippen LogP contribution is -2.69. The van der Waals surface area contributed by atoms with Crippen LogP contribution in [-0.2, 0) is 14.3 Å².